The Balaban J connectivity index is 2.24. The van der Waals surface area contributed by atoms with Crippen LogP contribution in [0.3, 0.4) is 0 Å². The van der Waals surface area contributed by atoms with Crippen molar-refractivity contribution in [3.8, 4) is 0 Å². The Morgan fingerprint density at radius 1 is 1.22 bits per heavy atom. The van der Waals surface area contributed by atoms with Gasteiger partial charge in [0.25, 0.3) is 0 Å². The van der Waals surface area contributed by atoms with Crippen LogP contribution in [0.5, 0.6) is 0 Å². The van der Waals surface area contributed by atoms with Crippen LogP contribution >= 0.6 is 0 Å². The highest BCUT2D eigenvalue weighted by Gasteiger charge is 2.50. The second-order valence-corrected chi connectivity index (χ2v) is 7.51. The quantitative estimate of drug-likeness (QED) is 0.716. The van der Waals surface area contributed by atoms with Crippen LogP contribution in [0.4, 0.5) is 0 Å². The van der Waals surface area contributed by atoms with Gasteiger partial charge >= 0.3 is 5.97 Å². The second kappa shape index (κ2) is 4.79. The fourth-order valence-electron chi connectivity index (χ4n) is 2.88. The van der Waals surface area contributed by atoms with Crippen molar-refractivity contribution in [2.45, 2.75) is 18.4 Å². The van der Waals surface area contributed by atoms with Gasteiger partial charge in [0, 0.05) is 26.2 Å². The van der Waals surface area contributed by atoms with Crippen molar-refractivity contribution >= 4 is 15.8 Å². The van der Waals surface area contributed by atoms with E-state index in [-0.39, 0.29) is 11.5 Å². The highest BCUT2D eigenvalue weighted by Crippen LogP contribution is 2.30. The number of hydrogen-bond acceptors (Lipinski definition) is 5. The van der Waals surface area contributed by atoms with Crippen LogP contribution in [0.25, 0.3) is 0 Å². The first-order valence-corrected chi connectivity index (χ1v) is 8.05. The SMILES string of the molecule is CN1CCN(C2(C(=O)O)CCCS(=O)(=O)C2)CC1. The molecule has 0 radical (unpaired) electrons. The van der Waals surface area contributed by atoms with Gasteiger partial charge in [-0.1, -0.05) is 0 Å². The lowest BCUT2D eigenvalue weighted by Gasteiger charge is -2.45. The molecule has 2 fully saturated rings. The monoisotopic (exact) mass is 276 g/mol. The number of rotatable bonds is 2. The summed E-state index contributed by atoms with van der Waals surface area (Å²) in [5.41, 5.74) is -1.20. The van der Waals surface area contributed by atoms with Crippen LogP contribution in [0, 0.1) is 0 Å². The fraction of sp³-hybridized carbons (Fsp3) is 0.909. The molecule has 104 valence electrons. The van der Waals surface area contributed by atoms with Crippen molar-refractivity contribution in [1.82, 2.24) is 9.80 Å². The zero-order chi connectivity index (χ0) is 13.4. The van der Waals surface area contributed by atoms with E-state index in [2.05, 4.69) is 4.90 Å². The summed E-state index contributed by atoms with van der Waals surface area (Å²) in [5, 5.41) is 9.52. The Morgan fingerprint density at radius 2 is 1.83 bits per heavy atom. The van der Waals surface area contributed by atoms with Gasteiger partial charge in [-0.25, -0.2) is 8.42 Å². The molecule has 1 unspecified atom stereocenters. The average molecular weight is 276 g/mol. The summed E-state index contributed by atoms with van der Waals surface area (Å²) in [5.74, 6) is -1.11. The molecule has 1 atom stereocenters. The third kappa shape index (κ3) is 2.53. The normalized spacial score (nSPS) is 34.3. The third-order valence-corrected chi connectivity index (χ3v) is 5.84. The molecule has 0 aromatic rings. The summed E-state index contributed by atoms with van der Waals surface area (Å²) < 4.78 is 23.6. The third-order valence-electron chi connectivity index (χ3n) is 4.01. The van der Waals surface area contributed by atoms with Gasteiger partial charge in [0.15, 0.2) is 9.84 Å². The number of carbonyl (C=O) groups is 1. The lowest BCUT2D eigenvalue weighted by molar-refractivity contribution is -0.152. The molecule has 0 aliphatic carbocycles. The molecule has 2 saturated heterocycles. The Hall–Kier alpha value is -0.660. The first-order chi connectivity index (χ1) is 8.36. The summed E-state index contributed by atoms with van der Waals surface area (Å²) in [6.45, 7) is 2.82. The van der Waals surface area contributed by atoms with Crippen molar-refractivity contribution in [3.05, 3.63) is 0 Å². The first kappa shape index (κ1) is 13.8. The maximum Gasteiger partial charge on any atom is 0.325 e. The van der Waals surface area contributed by atoms with Crippen LogP contribution in [0.2, 0.25) is 0 Å². The van der Waals surface area contributed by atoms with Gasteiger partial charge in [-0.05, 0) is 19.9 Å². The van der Waals surface area contributed by atoms with E-state index < -0.39 is 21.3 Å². The van der Waals surface area contributed by atoms with Crippen molar-refractivity contribution in [3.63, 3.8) is 0 Å². The average Bonchev–Trinajstić information content (AvgIpc) is 2.28. The highest BCUT2D eigenvalue weighted by atomic mass is 32.2. The van der Waals surface area contributed by atoms with E-state index in [4.69, 9.17) is 0 Å². The number of likely N-dealkylation sites (N-methyl/N-ethyl adjacent to an activating group) is 1. The van der Waals surface area contributed by atoms with Gasteiger partial charge < -0.3 is 10.0 Å². The molecule has 2 aliphatic rings. The predicted molar refractivity (Wildman–Crippen MR) is 67.3 cm³/mol. The molecule has 6 nitrogen and oxygen atoms in total. The van der Waals surface area contributed by atoms with Crippen molar-refractivity contribution in [2.75, 3.05) is 44.7 Å². The number of piperazine rings is 1. The maximum absolute atomic E-state index is 11.8. The molecule has 7 heteroatoms. The van der Waals surface area contributed by atoms with E-state index in [1.807, 2.05) is 11.9 Å². The van der Waals surface area contributed by atoms with E-state index in [1.165, 1.54) is 0 Å². The fourth-order valence-corrected chi connectivity index (χ4v) is 4.79. The number of carboxylic acids is 1. The van der Waals surface area contributed by atoms with E-state index in [1.54, 1.807) is 0 Å². The topological polar surface area (TPSA) is 77.9 Å². The smallest absolute Gasteiger partial charge is 0.325 e. The van der Waals surface area contributed by atoms with Crippen LogP contribution in [-0.2, 0) is 14.6 Å². The number of hydrogen-bond donors (Lipinski definition) is 1. The molecule has 18 heavy (non-hydrogen) atoms. The summed E-state index contributed by atoms with van der Waals surface area (Å²) in [6, 6.07) is 0. The highest BCUT2D eigenvalue weighted by molar-refractivity contribution is 7.91. The summed E-state index contributed by atoms with van der Waals surface area (Å²) in [4.78, 5) is 15.6. The Kier molecular flexibility index (Phi) is 3.66. The molecule has 1 N–H and O–H groups in total. The predicted octanol–water partition coefficient (Wildman–Crippen LogP) is -0.734. The first-order valence-electron chi connectivity index (χ1n) is 6.23. The standard InChI is InChI=1S/C11H20N2O4S/c1-12-4-6-13(7-5-12)11(10(14)15)3-2-8-18(16,17)9-11/h2-9H2,1H3,(H,14,15). The summed E-state index contributed by atoms with van der Waals surface area (Å²) >= 11 is 0. The van der Waals surface area contributed by atoms with E-state index in [0.29, 0.717) is 25.9 Å². The molecule has 2 aliphatic heterocycles. The number of nitrogens with zero attached hydrogens (tertiary/aromatic N) is 2. The van der Waals surface area contributed by atoms with Crippen molar-refractivity contribution in [1.29, 1.82) is 0 Å². The summed E-state index contributed by atoms with van der Waals surface area (Å²) in [7, 11) is -1.25. The maximum atomic E-state index is 11.8. The molecule has 0 aromatic heterocycles. The molecular formula is C11H20N2O4S. The van der Waals surface area contributed by atoms with Gasteiger partial charge in [-0.3, -0.25) is 9.69 Å². The van der Waals surface area contributed by atoms with Crippen molar-refractivity contribution < 1.29 is 18.3 Å². The second-order valence-electron chi connectivity index (χ2n) is 5.32. The number of aliphatic carboxylic acids is 1. The zero-order valence-corrected chi connectivity index (χ0v) is 11.4. The zero-order valence-electron chi connectivity index (χ0n) is 10.6. The van der Waals surface area contributed by atoms with E-state index in [0.717, 1.165) is 13.1 Å². The Bertz CT molecular complexity index is 428. The molecule has 0 amide bonds. The largest absolute Gasteiger partial charge is 0.480 e. The van der Waals surface area contributed by atoms with Crippen molar-refractivity contribution in [2.24, 2.45) is 0 Å². The molecule has 0 saturated carbocycles. The van der Waals surface area contributed by atoms with Crippen LogP contribution in [-0.4, -0.2) is 79.6 Å². The number of sulfone groups is 1. The molecule has 2 rings (SSSR count). The minimum absolute atomic E-state index is 0.121. The molecular weight excluding hydrogens is 256 g/mol. The van der Waals surface area contributed by atoms with Crippen LogP contribution in [0.15, 0.2) is 0 Å². The lowest BCUT2D eigenvalue weighted by Crippen LogP contribution is -2.64. The lowest BCUT2D eigenvalue weighted by atomic mass is 9.92. The molecule has 0 spiro atoms. The van der Waals surface area contributed by atoms with Gasteiger partial charge in [0.2, 0.25) is 0 Å². The minimum atomic E-state index is -3.23. The van der Waals surface area contributed by atoms with Gasteiger partial charge in [-0.15, -0.1) is 0 Å². The van der Waals surface area contributed by atoms with Crippen LogP contribution < -0.4 is 0 Å². The molecule has 0 bridgehead atoms. The molecule has 2 heterocycles. The minimum Gasteiger partial charge on any atom is -0.480 e. The van der Waals surface area contributed by atoms with E-state index in [9.17, 15) is 18.3 Å². The number of carboxylic acid groups (broad SMARTS) is 1. The molecule has 0 aromatic carbocycles. The van der Waals surface area contributed by atoms with E-state index >= 15 is 0 Å². The Labute approximate surface area is 107 Å². The van der Waals surface area contributed by atoms with Gasteiger partial charge in [0.05, 0.1) is 11.5 Å². The van der Waals surface area contributed by atoms with Gasteiger partial charge in [0.1, 0.15) is 5.54 Å². The Morgan fingerprint density at radius 3 is 2.33 bits per heavy atom. The summed E-state index contributed by atoms with van der Waals surface area (Å²) in [6.07, 6.45) is 0.881. The van der Waals surface area contributed by atoms with Crippen LogP contribution in [0.1, 0.15) is 12.8 Å². The van der Waals surface area contributed by atoms with Gasteiger partial charge in [-0.2, -0.15) is 0 Å².